The van der Waals surface area contributed by atoms with Crippen molar-refractivity contribution in [1.29, 1.82) is 0 Å². The van der Waals surface area contributed by atoms with Crippen LogP contribution in [0.25, 0.3) is 0 Å². The van der Waals surface area contributed by atoms with Crippen molar-refractivity contribution in [3.8, 4) is 0 Å². The van der Waals surface area contributed by atoms with Crippen LogP contribution in [0.1, 0.15) is 51.4 Å². The fourth-order valence-corrected chi connectivity index (χ4v) is 3.67. The lowest BCUT2D eigenvalue weighted by atomic mass is 9.78. The molecule has 2 fully saturated rings. The Morgan fingerprint density at radius 1 is 0.952 bits per heavy atom. The van der Waals surface area contributed by atoms with Gasteiger partial charge in [-0.2, -0.15) is 13.2 Å². The average molecular weight is 306 g/mol. The average Bonchev–Trinajstić information content (AvgIpc) is 2.47. The molecule has 0 heterocycles. The molecule has 0 aromatic carbocycles. The van der Waals surface area contributed by atoms with E-state index >= 15 is 0 Å². The third kappa shape index (κ3) is 4.34. The Hall–Kier alpha value is -0.780. The van der Waals surface area contributed by atoms with Crippen molar-refractivity contribution in [3.63, 3.8) is 0 Å². The lowest BCUT2D eigenvalue weighted by Gasteiger charge is -2.34. The highest BCUT2D eigenvalue weighted by atomic mass is 19.4. The predicted molar refractivity (Wildman–Crippen MR) is 74.7 cm³/mol. The molecule has 2 rings (SSSR count). The Kier molecular flexibility index (Phi) is 5.52. The molecule has 0 spiro atoms. The highest BCUT2D eigenvalue weighted by Gasteiger charge is 2.48. The van der Waals surface area contributed by atoms with E-state index in [0.717, 1.165) is 32.1 Å². The van der Waals surface area contributed by atoms with Gasteiger partial charge in [0.1, 0.15) is 0 Å². The zero-order valence-corrected chi connectivity index (χ0v) is 12.5. The van der Waals surface area contributed by atoms with Crippen LogP contribution in [0.4, 0.5) is 13.2 Å². The van der Waals surface area contributed by atoms with Crippen LogP contribution < -0.4 is 10.6 Å². The van der Waals surface area contributed by atoms with Crippen molar-refractivity contribution >= 4 is 5.91 Å². The van der Waals surface area contributed by atoms with Gasteiger partial charge in [-0.25, -0.2) is 0 Å². The van der Waals surface area contributed by atoms with Gasteiger partial charge in [0.15, 0.2) is 0 Å². The smallest absolute Gasteiger partial charge is 0.353 e. The maximum Gasteiger partial charge on any atom is 0.392 e. The summed E-state index contributed by atoms with van der Waals surface area (Å²) >= 11 is 0. The van der Waals surface area contributed by atoms with Crippen LogP contribution in [0.2, 0.25) is 0 Å². The highest BCUT2D eigenvalue weighted by molar-refractivity contribution is 5.79. The number of alkyl halides is 3. The molecule has 2 aliphatic rings. The molecule has 2 atom stereocenters. The first-order valence-corrected chi connectivity index (χ1v) is 7.96. The molecule has 1 amide bonds. The van der Waals surface area contributed by atoms with Gasteiger partial charge in [0.2, 0.25) is 5.91 Å². The summed E-state index contributed by atoms with van der Waals surface area (Å²) in [6.07, 6.45) is 1.12. The van der Waals surface area contributed by atoms with Gasteiger partial charge in [-0.05, 0) is 45.6 Å². The van der Waals surface area contributed by atoms with E-state index in [2.05, 4.69) is 10.6 Å². The van der Waals surface area contributed by atoms with Crippen molar-refractivity contribution in [1.82, 2.24) is 10.6 Å². The van der Waals surface area contributed by atoms with Crippen molar-refractivity contribution in [3.05, 3.63) is 0 Å². The summed E-state index contributed by atoms with van der Waals surface area (Å²) in [7, 11) is 1.92. The SMILES string of the molecule is CNC1CCC(NC(=O)C2CCCCC2C(F)(F)F)CC1. The monoisotopic (exact) mass is 306 g/mol. The fourth-order valence-electron chi connectivity index (χ4n) is 3.67. The molecule has 2 saturated carbocycles. The van der Waals surface area contributed by atoms with Crippen LogP contribution in [-0.4, -0.2) is 31.2 Å². The van der Waals surface area contributed by atoms with E-state index in [9.17, 15) is 18.0 Å². The second-order valence-corrected chi connectivity index (χ2v) is 6.38. The summed E-state index contributed by atoms with van der Waals surface area (Å²) in [5.74, 6) is -2.73. The van der Waals surface area contributed by atoms with Crippen molar-refractivity contribution in [2.75, 3.05) is 7.05 Å². The van der Waals surface area contributed by atoms with E-state index in [1.165, 1.54) is 0 Å². The highest BCUT2D eigenvalue weighted by Crippen LogP contribution is 2.41. The lowest BCUT2D eigenvalue weighted by Crippen LogP contribution is -2.47. The first kappa shape index (κ1) is 16.6. The van der Waals surface area contributed by atoms with E-state index in [0.29, 0.717) is 18.9 Å². The van der Waals surface area contributed by atoms with Gasteiger partial charge in [0.05, 0.1) is 5.92 Å². The second-order valence-electron chi connectivity index (χ2n) is 6.38. The van der Waals surface area contributed by atoms with Crippen LogP contribution in [0.15, 0.2) is 0 Å². The summed E-state index contributed by atoms with van der Waals surface area (Å²) in [6, 6.07) is 0.508. The molecule has 2 aliphatic carbocycles. The minimum absolute atomic E-state index is 0.0397. The number of amides is 1. The van der Waals surface area contributed by atoms with E-state index in [1.54, 1.807) is 0 Å². The topological polar surface area (TPSA) is 41.1 Å². The molecule has 0 saturated heterocycles. The number of carbonyl (C=O) groups excluding carboxylic acids is 1. The Labute approximate surface area is 124 Å². The number of hydrogen-bond acceptors (Lipinski definition) is 2. The third-order valence-corrected chi connectivity index (χ3v) is 5.00. The Bertz CT molecular complexity index is 351. The molecular formula is C15H25F3N2O. The fraction of sp³-hybridized carbons (Fsp3) is 0.933. The van der Waals surface area contributed by atoms with Crippen LogP contribution in [0, 0.1) is 11.8 Å². The molecule has 0 aliphatic heterocycles. The van der Waals surface area contributed by atoms with Gasteiger partial charge in [-0.15, -0.1) is 0 Å². The van der Waals surface area contributed by atoms with E-state index < -0.39 is 18.0 Å². The third-order valence-electron chi connectivity index (χ3n) is 5.00. The van der Waals surface area contributed by atoms with Gasteiger partial charge >= 0.3 is 6.18 Å². The van der Waals surface area contributed by atoms with Crippen LogP contribution in [-0.2, 0) is 4.79 Å². The number of halogens is 3. The zero-order chi connectivity index (χ0) is 15.5. The molecule has 3 nitrogen and oxygen atoms in total. The van der Waals surface area contributed by atoms with Gasteiger partial charge in [-0.1, -0.05) is 12.8 Å². The number of rotatable bonds is 3. The van der Waals surface area contributed by atoms with Crippen molar-refractivity contribution in [2.24, 2.45) is 11.8 Å². The number of nitrogens with one attached hydrogen (secondary N) is 2. The summed E-state index contributed by atoms with van der Waals surface area (Å²) in [6.45, 7) is 0. The van der Waals surface area contributed by atoms with Crippen molar-refractivity contribution < 1.29 is 18.0 Å². The summed E-state index contributed by atoms with van der Waals surface area (Å²) in [5, 5.41) is 6.08. The molecule has 0 radical (unpaired) electrons. The summed E-state index contributed by atoms with van der Waals surface area (Å²) in [5.41, 5.74) is 0. The van der Waals surface area contributed by atoms with Crippen LogP contribution in [0.5, 0.6) is 0 Å². The van der Waals surface area contributed by atoms with Gasteiger partial charge in [0.25, 0.3) is 0 Å². The van der Waals surface area contributed by atoms with Gasteiger partial charge in [0, 0.05) is 18.0 Å². The standard InChI is InChI=1S/C15H25F3N2O/c1-19-10-6-8-11(9-7-10)20-14(21)12-4-2-3-5-13(12)15(16,17)18/h10-13,19H,2-9H2,1H3,(H,20,21). The molecular weight excluding hydrogens is 281 g/mol. The van der Waals surface area contributed by atoms with Gasteiger partial charge < -0.3 is 10.6 Å². The van der Waals surface area contributed by atoms with Crippen molar-refractivity contribution in [2.45, 2.75) is 69.6 Å². The normalized spacial score (nSPS) is 34.5. The molecule has 2 N–H and O–H groups in total. The first-order valence-electron chi connectivity index (χ1n) is 7.96. The molecule has 0 bridgehead atoms. The lowest BCUT2D eigenvalue weighted by molar-refractivity contribution is -0.198. The minimum atomic E-state index is -4.26. The van der Waals surface area contributed by atoms with E-state index in [1.807, 2.05) is 7.05 Å². The Morgan fingerprint density at radius 3 is 2.10 bits per heavy atom. The minimum Gasteiger partial charge on any atom is -0.353 e. The number of carbonyl (C=O) groups is 1. The first-order chi connectivity index (χ1) is 9.91. The maximum atomic E-state index is 13.0. The Balaban J connectivity index is 1.89. The van der Waals surface area contributed by atoms with Gasteiger partial charge in [-0.3, -0.25) is 4.79 Å². The molecule has 0 aromatic heterocycles. The summed E-state index contributed by atoms with van der Waals surface area (Å²) < 4.78 is 39.1. The molecule has 2 unspecified atom stereocenters. The molecule has 6 heteroatoms. The van der Waals surface area contributed by atoms with Crippen LogP contribution in [0.3, 0.4) is 0 Å². The molecule has 21 heavy (non-hydrogen) atoms. The van der Waals surface area contributed by atoms with E-state index in [4.69, 9.17) is 0 Å². The van der Waals surface area contributed by atoms with E-state index in [-0.39, 0.29) is 18.4 Å². The molecule has 0 aromatic rings. The van der Waals surface area contributed by atoms with Crippen LogP contribution >= 0.6 is 0 Å². The molecule has 122 valence electrons. The Morgan fingerprint density at radius 2 is 1.52 bits per heavy atom. The summed E-state index contributed by atoms with van der Waals surface area (Å²) in [4.78, 5) is 12.2. The number of hydrogen-bond donors (Lipinski definition) is 2. The quantitative estimate of drug-likeness (QED) is 0.841. The maximum absolute atomic E-state index is 13.0. The second kappa shape index (κ2) is 6.99. The zero-order valence-electron chi connectivity index (χ0n) is 12.5. The largest absolute Gasteiger partial charge is 0.392 e. The predicted octanol–water partition coefficient (Wildman–Crippen LogP) is 3.00.